The second-order valence-electron chi connectivity index (χ2n) is 5.31. The van der Waals surface area contributed by atoms with E-state index in [1.807, 2.05) is 17.9 Å². The lowest BCUT2D eigenvalue weighted by Gasteiger charge is -2.16. The van der Waals surface area contributed by atoms with Crippen LogP contribution in [0.2, 0.25) is 0 Å². The number of nitrogens with zero attached hydrogens (tertiary/aromatic N) is 2. The van der Waals surface area contributed by atoms with E-state index in [0.717, 1.165) is 12.5 Å². The molecule has 2 rings (SSSR count). The van der Waals surface area contributed by atoms with E-state index in [1.54, 1.807) is 0 Å². The molecular formula is C14H25N3. The van der Waals surface area contributed by atoms with Crippen LogP contribution in [0.4, 0.5) is 0 Å². The Kier molecular flexibility index (Phi) is 4.60. The quantitative estimate of drug-likeness (QED) is 0.813. The number of hydrogen-bond donors (Lipinski definition) is 1. The number of hydrogen-bond acceptors (Lipinski definition) is 2. The first-order valence-electron chi connectivity index (χ1n) is 7.00. The highest BCUT2D eigenvalue weighted by atomic mass is 15.3. The van der Waals surface area contributed by atoms with Crippen LogP contribution in [0.1, 0.15) is 51.1 Å². The van der Waals surface area contributed by atoms with Crippen LogP contribution in [0, 0.1) is 5.92 Å². The van der Waals surface area contributed by atoms with Crippen LogP contribution in [0.3, 0.4) is 0 Å². The van der Waals surface area contributed by atoms with Gasteiger partial charge in [-0.15, -0.1) is 0 Å². The summed E-state index contributed by atoms with van der Waals surface area (Å²) < 4.78 is 1.96. The summed E-state index contributed by atoms with van der Waals surface area (Å²) in [4.78, 5) is 0. The lowest BCUT2D eigenvalue weighted by molar-refractivity contribution is 0.422. The summed E-state index contributed by atoms with van der Waals surface area (Å²) in [5.74, 6) is 0.971. The minimum Gasteiger partial charge on any atom is -0.308 e. The molecule has 0 radical (unpaired) electrons. The van der Waals surface area contributed by atoms with Gasteiger partial charge in [0.2, 0.25) is 0 Å². The van der Waals surface area contributed by atoms with Crippen LogP contribution in [0.25, 0.3) is 0 Å². The van der Waals surface area contributed by atoms with Crippen LogP contribution < -0.4 is 5.32 Å². The maximum atomic E-state index is 4.20. The Morgan fingerprint density at radius 1 is 1.35 bits per heavy atom. The molecule has 0 amide bonds. The Hall–Kier alpha value is -0.830. The van der Waals surface area contributed by atoms with Gasteiger partial charge in [0.15, 0.2) is 0 Å². The van der Waals surface area contributed by atoms with Gasteiger partial charge in [0, 0.05) is 25.8 Å². The molecule has 1 fully saturated rings. The third-order valence-electron chi connectivity index (χ3n) is 4.16. The van der Waals surface area contributed by atoms with Gasteiger partial charge in [-0.3, -0.25) is 4.68 Å². The van der Waals surface area contributed by atoms with Crippen molar-refractivity contribution in [1.82, 2.24) is 15.1 Å². The Bertz CT molecular complexity index is 332. The molecule has 1 aliphatic rings. The summed E-state index contributed by atoms with van der Waals surface area (Å²) in [6, 6.07) is 2.81. The van der Waals surface area contributed by atoms with Gasteiger partial charge >= 0.3 is 0 Å². The maximum absolute atomic E-state index is 4.20. The van der Waals surface area contributed by atoms with Crippen molar-refractivity contribution in [2.45, 2.75) is 58.0 Å². The zero-order valence-corrected chi connectivity index (χ0v) is 11.2. The highest BCUT2D eigenvalue weighted by molar-refractivity contribution is 4.99. The number of aryl methyl sites for hydroxylation is 1. The van der Waals surface area contributed by atoms with E-state index >= 15 is 0 Å². The summed E-state index contributed by atoms with van der Waals surface area (Å²) in [6.07, 6.45) is 10.1. The number of nitrogens with one attached hydrogen (secondary N) is 1. The molecule has 1 aromatic heterocycles. The van der Waals surface area contributed by atoms with Gasteiger partial charge in [-0.1, -0.05) is 26.2 Å². The van der Waals surface area contributed by atoms with Gasteiger partial charge in [-0.25, -0.2) is 0 Å². The number of aromatic nitrogens is 2. The number of rotatable bonds is 4. The van der Waals surface area contributed by atoms with Crippen LogP contribution >= 0.6 is 0 Å². The fourth-order valence-electron chi connectivity index (χ4n) is 2.81. The molecule has 3 nitrogen and oxygen atoms in total. The molecule has 1 aliphatic carbocycles. The molecular weight excluding hydrogens is 210 g/mol. The standard InChI is InChI=1S/C14H25N3/c1-3-12-5-4-6-13(8-7-12)15-11-14-9-10-16-17(14)2/h9-10,12-13,15H,3-8,11H2,1-2H3. The molecule has 1 saturated carbocycles. The molecule has 96 valence electrons. The zero-order chi connectivity index (χ0) is 12.1. The minimum atomic E-state index is 0.710. The van der Waals surface area contributed by atoms with E-state index < -0.39 is 0 Å². The van der Waals surface area contributed by atoms with E-state index in [-0.39, 0.29) is 0 Å². The average molecular weight is 235 g/mol. The second kappa shape index (κ2) is 6.20. The van der Waals surface area contributed by atoms with Crippen LogP contribution in [-0.4, -0.2) is 15.8 Å². The highest BCUT2D eigenvalue weighted by Crippen LogP contribution is 2.25. The summed E-state index contributed by atoms with van der Waals surface area (Å²) in [5.41, 5.74) is 1.28. The average Bonchev–Trinajstić information content (AvgIpc) is 2.63. The maximum Gasteiger partial charge on any atom is 0.0518 e. The van der Waals surface area contributed by atoms with Crippen molar-refractivity contribution in [1.29, 1.82) is 0 Å². The Balaban J connectivity index is 1.78. The van der Waals surface area contributed by atoms with Gasteiger partial charge in [0.1, 0.15) is 0 Å². The van der Waals surface area contributed by atoms with Crippen LogP contribution in [0.5, 0.6) is 0 Å². The fourth-order valence-corrected chi connectivity index (χ4v) is 2.81. The van der Waals surface area contributed by atoms with Crippen molar-refractivity contribution < 1.29 is 0 Å². The molecule has 1 N–H and O–H groups in total. The van der Waals surface area contributed by atoms with E-state index in [9.17, 15) is 0 Å². The van der Waals surface area contributed by atoms with Crippen LogP contribution in [0.15, 0.2) is 12.3 Å². The Morgan fingerprint density at radius 3 is 2.94 bits per heavy atom. The Morgan fingerprint density at radius 2 is 2.24 bits per heavy atom. The molecule has 3 heteroatoms. The molecule has 1 heterocycles. The minimum absolute atomic E-state index is 0.710. The molecule has 0 aliphatic heterocycles. The fraction of sp³-hybridized carbons (Fsp3) is 0.786. The van der Waals surface area contributed by atoms with E-state index in [4.69, 9.17) is 0 Å². The first-order valence-corrected chi connectivity index (χ1v) is 7.00. The van der Waals surface area contributed by atoms with Gasteiger partial charge in [0.25, 0.3) is 0 Å². The molecule has 0 aromatic carbocycles. The van der Waals surface area contributed by atoms with Crippen molar-refractivity contribution in [3.63, 3.8) is 0 Å². The van der Waals surface area contributed by atoms with E-state index in [1.165, 1.54) is 44.2 Å². The molecule has 0 spiro atoms. The lowest BCUT2D eigenvalue weighted by Crippen LogP contribution is -2.28. The summed E-state index contributed by atoms with van der Waals surface area (Å²) in [5, 5.41) is 7.89. The monoisotopic (exact) mass is 235 g/mol. The van der Waals surface area contributed by atoms with Crippen molar-refractivity contribution in [2.24, 2.45) is 13.0 Å². The topological polar surface area (TPSA) is 29.9 Å². The lowest BCUT2D eigenvalue weighted by atomic mass is 9.98. The van der Waals surface area contributed by atoms with Crippen molar-refractivity contribution in [3.8, 4) is 0 Å². The smallest absolute Gasteiger partial charge is 0.0518 e. The molecule has 2 unspecified atom stereocenters. The Labute approximate surface area is 105 Å². The third kappa shape index (κ3) is 3.56. The van der Waals surface area contributed by atoms with Gasteiger partial charge in [-0.2, -0.15) is 5.10 Å². The van der Waals surface area contributed by atoms with Gasteiger partial charge < -0.3 is 5.32 Å². The molecule has 2 atom stereocenters. The van der Waals surface area contributed by atoms with Gasteiger partial charge in [0.05, 0.1) is 5.69 Å². The summed E-state index contributed by atoms with van der Waals surface area (Å²) in [6.45, 7) is 3.28. The van der Waals surface area contributed by atoms with E-state index in [0.29, 0.717) is 6.04 Å². The molecule has 0 saturated heterocycles. The molecule has 17 heavy (non-hydrogen) atoms. The van der Waals surface area contributed by atoms with Crippen LogP contribution in [-0.2, 0) is 13.6 Å². The predicted molar refractivity (Wildman–Crippen MR) is 70.7 cm³/mol. The summed E-state index contributed by atoms with van der Waals surface area (Å²) in [7, 11) is 2.01. The highest BCUT2D eigenvalue weighted by Gasteiger charge is 2.17. The van der Waals surface area contributed by atoms with E-state index in [2.05, 4.69) is 23.4 Å². The SMILES string of the molecule is CCC1CCCC(NCc2ccnn2C)CC1. The first kappa shape index (κ1) is 12.6. The van der Waals surface area contributed by atoms with Crippen molar-refractivity contribution >= 4 is 0 Å². The summed E-state index contributed by atoms with van der Waals surface area (Å²) >= 11 is 0. The van der Waals surface area contributed by atoms with Crippen molar-refractivity contribution in [2.75, 3.05) is 0 Å². The normalized spacial score (nSPS) is 25.8. The second-order valence-corrected chi connectivity index (χ2v) is 5.31. The molecule has 0 bridgehead atoms. The van der Waals surface area contributed by atoms with Gasteiger partial charge in [-0.05, 0) is 31.2 Å². The third-order valence-corrected chi connectivity index (χ3v) is 4.16. The largest absolute Gasteiger partial charge is 0.308 e. The molecule has 1 aromatic rings. The van der Waals surface area contributed by atoms with Crippen molar-refractivity contribution in [3.05, 3.63) is 18.0 Å². The first-order chi connectivity index (χ1) is 8.29. The zero-order valence-electron chi connectivity index (χ0n) is 11.2. The predicted octanol–water partition coefficient (Wildman–Crippen LogP) is 2.87.